The molecule has 0 bridgehead atoms. The summed E-state index contributed by atoms with van der Waals surface area (Å²) in [6, 6.07) is 7.85. The highest BCUT2D eigenvalue weighted by atomic mass is 16.6. The third kappa shape index (κ3) is 5.81. The van der Waals surface area contributed by atoms with Crippen molar-refractivity contribution in [3.63, 3.8) is 0 Å². The summed E-state index contributed by atoms with van der Waals surface area (Å²) in [4.78, 5) is 60.8. The number of amides is 3. The van der Waals surface area contributed by atoms with Crippen LogP contribution in [0.15, 0.2) is 54.6 Å². The average Bonchev–Trinajstić information content (AvgIpc) is 3.41. The molecule has 1 aromatic carbocycles. The van der Waals surface area contributed by atoms with E-state index in [1.807, 2.05) is 55.5 Å². The first-order valence-corrected chi connectivity index (χ1v) is 16.0. The van der Waals surface area contributed by atoms with Crippen molar-refractivity contribution in [2.45, 2.75) is 82.3 Å². The lowest BCUT2D eigenvalue weighted by molar-refractivity contribution is -0.164. The molecule has 1 N–H and O–H groups in total. The molecule has 5 rings (SSSR count). The molecule has 0 aliphatic carbocycles. The summed E-state index contributed by atoms with van der Waals surface area (Å²) >= 11 is 0. The fraction of sp³-hybridized carbons (Fsp3) is 0.588. The van der Waals surface area contributed by atoms with E-state index in [1.54, 1.807) is 22.9 Å². The minimum absolute atomic E-state index is 0.0747. The van der Waals surface area contributed by atoms with Crippen molar-refractivity contribution in [3.8, 4) is 0 Å². The van der Waals surface area contributed by atoms with Gasteiger partial charge in [0.15, 0.2) is 0 Å². The first kappa shape index (κ1) is 31.9. The third-order valence-electron chi connectivity index (χ3n) is 9.60. The van der Waals surface area contributed by atoms with Gasteiger partial charge in [0.1, 0.15) is 23.7 Å². The topological polar surface area (TPSA) is 117 Å². The number of allylic oxidation sites excluding steroid dienone is 1. The predicted octanol–water partition coefficient (Wildman–Crippen LogP) is 3.02. The van der Waals surface area contributed by atoms with Gasteiger partial charge in [-0.1, -0.05) is 74.4 Å². The van der Waals surface area contributed by atoms with E-state index in [9.17, 15) is 24.3 Å². The Morgan fingerprint density at radius 1 is 1.00 bits per heavy atom. The first-order chi connectivity index (χ1) is 21.2. The number of rotatable bonds is 8. The van der Waals surface area contributed by atoms with Gasteiger partial charge in [-0.25, -0.2) is 0 Å². The van der Waals surface area contributed by atoms with Crippen molar-refractivity contribution >= 4 is 23.7 Å². The summed E-state index contributed by atoms with van der Waals surface area (Å²) < 4.78 is 13.0. The molecule has 10 heteroatoms. The molecule has 0 radical (unpaired) electrons. The van der Waals surface area contributed by atoms with E-state index in [-0.39, 0.29) is 37.3 Å². The Morgan fingerprint density at radius 3 is 2.50 bits per heavy atom. The van der Waals surface area contributed by atoms with Crippen molar-refractivity contribution in [3.05, 3.63) is 60.2 Å². The summed E-state index contributed by atoms with van der Waals surface area (Å²) in [6.45, 7) is 4.93. The van der Waals surface area contributed by atoms with E-state index in [2.05, 4.69) is 6.92 Å². The van der Waals surface area contributed by atoms with E-state index in [0.717, 1.165) is 24.8 Å². The number of likely N-dealkylation sites (tertiary alicyclic amines) is 1. The SMILES string of the molecule is CCCCCN1CC=C[C@]23O[C@@H]4/C=C\CCC(=O)N(C)[C@H](C)[C@@H](c5ccccc5)OC(=O)[C@@H]4[C@H]2C(=O)N(CCCO)[C@@H]3C1=O. The second-order valence-corrected chi connectivity index (χ2v) is 12.3. The number of carbonyl (C=O) groups is 4. The maximum absolute atomic E-state index is 14.3. The molecule has 44 heavy (non-hydrogen) atoms. The number of carbonyl (C=O) groups excluding carboxylic acids is 4. The molecule has 2 saturated heterocycles. The summed E-state index contributed by atoms with van der Waals surface area (Å²) in [5, 5.41) is 9.64. The Bertz CT molecular complexity index is 1280. The minimum Gasteiger partial charge on any atom is -0.455 e. The van der Waals surface area contributed by atoms with Gasteiger partial charge in [-0.15, -0.1) is 0 Å². The van der Waals surface area contributed by atoms with E-state index in [4.69, 9.17) is 9.47 Å². The number of nitrogens with zero attached hydrogens (tertiary/aromatic N) is 3. The van der Waals surface area contributed by atoms with Crippen LogP contribution in [0.5, 0.6) is 0 Å². The molecule has 2 fully saturated rings. The van der Waals surface area contributed by atoms with Gasteiger partial charge in [-0.3, -0.25) is 19.2 Å². The molecule has 4 aliphatic heterocycles. The largest absolute Gasteiger partial charge is 0.455 e. The van der Waals surface area contributed by atoms with Gasteiger partial charge in [0.25, 0.3) is 0 Å². The van der Waals surface area contributed by atoms with Crippen molar-refractivity contribution in [2.24, 2.45) is 11.8 Å². The van der Waals surface area contributed by atoms with Crippen molar-refractivity contribution in [1.82, 2.24) is 14.7 Å². The molecule has 0 aromatic heterocycles. The minimum atomic E-state index is -1.37. The normalized spacial score (nSPS) is 33.2. The van der Waals surface area contributed by atoms with Crippen LogP contribution in [0.4, 0.5) is 0 Å². The van der Waals surface area contributed by atoms with Gasteiger partial charge in [0, 0.05) is 39.7 Å². The molecule has 4 aliphatic rings. The molecule has 3 amide bonds. The van der Waals surface area contributed by atoms with Crippen molar-refractivity contribution in [2.75, 3.05) is 33.3 Å². The van der Waals surface area contributed by atoms with Crippen LogP contribution < -0.4 is 0 Å². The maximum atomic E-state index is 14.3. The zero-order valence-corrected chi connectivity index (χ0v) is 26.0. The number of hydrogen-bond acceptors (Lipinski definition) is 7. The number of ether oxygens (including phenoxy) is 2. The Morgan fingerprint density at radius 2 is 1.77 bits per heavy atom. The molecular formula is C34H45N3O7. The van der Waals surface area contributed by atoms with Crippen LogP contribution in [0.25, 0.3) is 0 Å². The van der Waals surface area contributed by atoms with Gasteiger partial charge >= 0.3 is 5.97 Å². The first-order valence-electron chi connectivity index (χ1n) is 16.0. The van der Waals surface area contributed by atoms with Crippen LogP contribution in [0.2, 0.25) is 0 Å². The Kier molecular flexibility index (Phi) is 9.90. The van der Waals surface area contributed by atoms with Crippen molar-refractivity contribution in [1.29, 1.82) is 0 Å². The molecule has 0 unspecified atom stereocenters. The van der Waals surface area contributed by atoms with Crippen molar-refractivity contribution < 1.29 is 33.8 Å². The number of hydrogen-bond donors (Lipinski definition) is 1. The zero-order chi connectivity index (χ0) is 31.4. The predicted molar refractivity (Wildman–Crippen MR) is 163 cm³/mol. The standard InChI is InChI=1S/C34H45N3O7/c1-4-5-11-19-36-20-12-18-34-28(31(40)37(21-13-22-38)30(34)32(36)41)27-25(44-34)16-9-10-17-26(39)35(3)23(2)29(43-33(27)42)24-14-7-6-8-15-24/h6-9,12,14-16,18,23,25,27-30,38H,4-5,10-11,13,17,19-22H2,1-3H3/b16-9-/t23-,25-,27+,28+,29+,30-,34+/m1/s1. The molecule has 1 aromatic rings. The molecular weight excluding hydrogens is 562 g/mol. The molecule has 1 spiro atoms. The monoisotopic (exact) mass is 607 g/mol. The smallest absolute Gasteiger partial charge is 0.313 e. The Hall–Kier alpha value is -3.50. The van der Waals surface area contributed by atoms with Crippen LogP contribution in [0, 0.1) is 11.8 Å². The molecule has 4 heterocycles. The molecule has 238 valence electrons. The summed E-state index contributed by atoms with van der Waals surface area (Å²) in [6.07, 6.45) is 9.49. The Balaban J connectivity index is 1.57. The van der Waals surface area contributed by atoms with Gasteiger partial charge in [0.05, 0.1) is 18.1 Å². The fourth-order valence-corrected chi connectivity index (χ4v) is 7.17. The molecule has 0 saturated carbocycles. The lowest BCUT2D eigenvalue weighted by Gasteiger charge is -2.35. The third-order valence-corrected chi connectivity index (χ3v) is 9.60. The van der Waals surface area contributed by atoms with Crippen LogP contribution in [-0.2, 0) is 28.7 Å². The number of cyclic esters (lactones) is 1. The number of esters is 1. The lowest BCUT2D eigenvalue weighted by Crippen LogP contribution is -2.55. The Labute approximate surface area is 259 Å². The second kappa shape index (κ2) is 13.6. The van der Waals surface area contributed by atoms with Gasteiger partial charge in [-0.05, 0) is 31.7 Å². The second-order valence-electron chi connectivity index (χ2n) is 12.3. The fourth-order valence-electron chi connectivity index (χ4n) is 7.17. The number of likely N-dealkylation sites (N-methyl/N-ethyl adjacent to an activating group) is 1. The van der Waals surface area contributed by atoms with E-state index in [0.29, 0.717) is 25.9 Å². The zero-order valence-electron chi connectivity index (χ0n) is 26.0. The molecule has 7 atom stereocenters. The maximum Gasteiger partial charge on any atom is 0.313 e. The van der Waals surface area contributed by atoms with E-state index >= 15 is 0 Å². The van der Waals surface area contributed by atoms with E-state index < -0.39 is 47.7 Å². The lowest BCUT2D eigenvalue weighted by atomic mass is 9.77. The number of fused-ring (bicyclic) bond motifs is 2. The number of aliphatic hydroxyl groups excluding tert-OH is 1. The number of unbranched alkanes of at least 4 members (excludes halogenated alkanes) is 2. The number of aliphatic hydroxyl groups is 1. The van der Waals surface area contributed by atoms with Crippen LogP contribution >= 0.6 is 0 Å². The average molecular weight is 608 g/mol. The number of benzene rings is 1. The van der Waals surface area contributed by atoms with Gasteiger partial charge in [-0.2, -0.15) is 0 Å². The molecule has 10 nitrogen and oxygen atoms in total. The quantitative estimate of drug-likeness (QED) is 0.274. The van der Waals surface area contributed by atoms with Crippen LogP contribution in [0.1, 0.15) is 64.0 Å². The summed E-state index contributed by atoms with van der Waals surface area (Å²) in [5.74, 6) is -3.24. The van der Waals surface area contributed by atoms with Gasteiger partial charge in [0.2, 0.25) is 17.7 Å². The van der Waals surface area contributed by atoms with Gasteiger partial charge < -0.3 is 29.3 Å². The summed E-state index contributed by atoms with van der Waals surface area (Å²) in [5.41, 5.74) is -0.638. The highest BCUT2D eigenvalue weighted by Crippen LogP contribution is 2.53. The van der Waals surface area contributed by atoms with Crippen LogP contribution in [0.3, 0.4) is 0 Å². The highest BCUT2D eigenvalue weighted by molar-refractivity contribution is 5.99. The highest BCUT2D eigenvalue weighted by Gasteiger charge is 2.71. The van der Waals surface area contributed by atoms with E-state index in [1.165, 1.54) is 4.90 Å². The van der Waals surface area contributed by atoms with Crippen LogP contribution in [-0.4, -0.2) is 101 Å². The summed E-state index contributed by atoms with van der Waals surface area (Å²) in [7, 11) is 1.71.